The molecule has 1 rings (SSSR count). The van der Waals surface area contributed by atoms with Crippen LogP contribution >= 0.6 is 11.6 Å². The molecule has 1 unspecified atom stereocenters. The van der Waals surface area contributed by atoms with E-state index in [0.29, 0.717) is 22.9 Å². The molecule has 1 amide bonds. The van der Waals surface area contributed by atoms with Gasteiger partial charge >= 0.3 is 0 Å². The Labute approximate surface area is 99.7 Å². The molecule has 4 nitrogen and oxygen atoms in total. The van der Waals surface area contributed by atoms with E-state index in [-0.39, 0.29) is 5.91 Å². The molecule has 0 saturated carbocycles. The normalized spacial score (nSPS) is 11.9. The molecule has 0 bridgehead atoms. The first-order valence-corrected chi connectivity index (χ1v) is 5.35. The highest BCUT2D eigenvalue weighted by Gasteiger charge is 2.14. The number of anilines is 1. The van der Waals surface area contributed by atoms with E-state index in [1.807, 2.05) is 6.92 Å². The monoisotopic (exact) mass is 242 g/mol. The molecule has 1 aromatic carbocycles. The Hall–Kier alpha value is -1.42. The lowest BCUT2D eigenvalue weighted by atomic mass is 10.2. The summed E-state index contributed by atoms with van der Waals surface area (Å²) in [6, 6.07) is 4.75. The third-order valence-corrected chi connectivity index (χ3v) is 2.48. The van der Waals surface area contributed by atoms with Crippen molar-refractivity contribution in [2.45, 2.75) is 19.4 Å². The highest BCUT2D eigenvalue weighted by Crippen LogP contribution is 2.28. The third kappa shape index (κ3) is 3.03. The Bertz CT molecular complexity index is 382. The maximum atomic E-state index is 11.1. The van der Waals surface area contributed by atoms with Crippen LogP contribution in [0.5, 0.6) is 5.75 Å². The summed E-state index contributed by atoms with van der Waals surface area (Å²) >= 11 is 5.83. The topological polar surface area (TPSA) is 64.3 Å². The van der Waals surface area contributed by atoms with Gasteiger partial charge < -0.3 is 15.8 Å². The summed E-state index contributed by atoms with van der Waals surface area (Å²) < 4.78 is 5.15. The van der Waals surface area contributed by atoms with Crippen molar-refractivity contribution >= 4 is 23.2 Å². The largest absolute Gasteiger partial charge is 0.495 e. The molecule has 0 heterocycles. The second-order valence-corrected chi connectivity index (χ2v) is 3.79. The minimum absolute atomic E-state index is 0.389. The molecule has 16 heavy (non-hydrogen) atoms. The average Bonchev–Trinajstić information content (AvgIpc) is 2.26. The smallest absolute Gasteiger partial charge is 0.239 e. The lowest BCUT2D eigenvalue weighted by molar-refractivity contribution is -0.118. The Balaban J connectivity index is 2.91. The Kier molecular flexibility index (Phi) is 4.43. The zero-order valence-electron chi connectivity index (χ0n) is 9.29. The predicted octanol–water partition coefficient (Wildman–Crippen LogP) is 2.02. The molecule has 0 saturated heterocycles. The second-order valence-electron chi connectivity index (χ2n) is 3.35. The highest BCUT2D eigenvalue weighted by atomic mass is 35.5. The van der Waals surface area contributed by atoms with Gasteiger partial charge in [-0.2, -0.15) is 0 Å². The minimum Gasteiger partial charge on any atom is -0.495 e. The van der Waals surface area contributed by atoms with Crippen LogP contribution in [0.15, 0.2) is 18.2 Å². The zero-order chi connectivity index (χ0) is 12.1. The maximum Gasteiger partial charge on any atom is 0.239 e. The number of amides is 1. The summed E-state index contributed by atoms with van der Waals surface area (Å²) in [4.78, 5) is 11.1. The van der Waals surface area contributed by atoms with Crippen LogP contribution < -0.4 is 15.8 Å². The van der Waals surface area contributed by atoms with Crippen LogP contribution in [0.2, 0.25) is 5.02 Å². The van der Waals surface area contributed by atoms with Crippen LogP contribution in [-0.4, -0.2) is 19.1 Å². The van der Waals surface area contributed by atoms with Gasteiger partial charge in [-0.25, -0.2) is 0 Å². The van der Waals surface area contributed by atoms with Gasteiger partial charge in [-0.05, 0) is 18.6 Å². The van der Waals surface area contributed by atoms with Crippen molar-refractivity contribution in [1.82, 2.24) is 0 Å². The Morgan fingerprint density at radius 1 is 1.62 bits per heavy atom. The number of rotatable bonds is 5. The van der Waals surface area contributed by atoms with Crippen molar-refractivity contribution in [2.75, 3.05) is 12.4 Å². The van der Waals surface area contributed by atoms with Gasteiger partial charge in [0, 0.05) is 11.1 Å². The quantitative estimate of drug-likeness (QED) is 0.830. The van der Waals surface area contributed by atoms with Crippen molar-refractivity contribution < 1.29 is 9.53 Å². The number of methoxy groups -OCH3 is 1. The molecule has 0 spiro atoms. The number of nitrogens with one attached hydrogen (secondary N) is 1. The molecule has 5 heteroatoms. The first-order chi connectivity index (χ1) is 7.58. The number of hydrogen-bond donors (Lipinski definition) is 2. The molecular formula is C11H15ClN2O2. The molecule has 88 valence electrons. The SMILES string of the molecule is CCC(Nc1ccc(Cl)cc1OC)C(N)=O. The number of primary amides is 1. The second kappa shape index (κ2) is 5.61. The molecule has 3 N–H and O–H groups in total. The Morgan fingerprint density at radius 3 is 2.81 bits per heavy atom. The van der Waals surface area contributed by atoms with E-state index in [1.54, 1.807) is 25.3 Å². The molecule has 0 radical (unpaired) electrons. The standard InChI is InChI=1S/C11H15ClN2O2/c1-3-8(11(13)15)14-9-5-4-7(12)6-10(9)16-2/h4-6,8,14H,3H2,1-2H3,(H2,13,15). The van der Waals surface area contributed by atoms with Gasteiger partial charge in [-0.1, -0.05) is 18.5 Å². The maximum absolute atomic E-state index is 11.1. The number of ether oxygens (including phenoxy) is 1. The van der Waals surface area contributed by atoms with E-state index in [9.17, 15) is 4.79 Å². The fourth-order valence-corrected chi connectivity index (χ4v) is 1.51. The van der Waals surface area contributed by atoms with Gasteiger partial charge in [0.2, 0.25) is 5.91 Å². The van der Waals surface area contributed by atoms with Gasteiger partial charge in [0.15, 0.2) is 0 Å². The molecule has 1 atom stereocenters. The predicted molar refractivity (Wildman–Crippen MR) is 64.9 cm³/mol. The fraction of sp³-hybridized carbons (Fsp3) is 0.364. The van der Waals surface area contributed by atoms with Crippen molar-refractivity contribution in [2.24, 2.45) is 5.73 Å². The van der Waals surface area contributed by atoms with Crippen molar-refractivity contribution in [3.8, 4) is 5.75 Å². The van der Waals surface area contributed by atoms with Gasteiger partial charge in [0.25, 0.3) is 0 Å². The molecule has 0 aromatic heterocycles. The van der Waals surface area contributed by atoms with Crippen LogP contribution in [0, 0.1) is 0 Å². The van der Waals surface area contributed by atoms with Crippen LogP contribution in [0.25, 0.3) is 0 Å². The minimum atomic E-state index is -0.407. The summed E-state index contributed by atoms with van der Waals surface area (Å²) in [5.74, 6) is 0.201. The van der Waals surface area contributed by atoms with E-state index in [0.717, 1.165) is 0 Å². The molecule has 0 aliphatic carbocycles. The third-order valence-electron chi connectivity index (χ3n) is 2.24. The summed E-state index contributed by atoms with van der Waals surface area (Å²) in [5.41, 5.74) is 5.95. The van der Waals surface area contributed by atoms with E-state index >= 15 is 0 Å². The van der Waals surface area contributed by atoms with Gasteiger partial charge in [0.05, 0.1) is 12.8 Å². The van der Waals surface area contributed by atoms with Crippen molar-refractivity contribution in [3.63, 3.8) is 0 Å². The van der Waals surface area contributed by atoms with Gasteiger partial charge in [-0.3, -0.25) is 4.79 Å². The lowest BCUT2D eigenvalue weighted by Gasteiger charge is -2.17. The van der Waals surface area contributed by atoms with E-state index < -0.39 is 6.04 Å². The fourth-order valence-electron chi connectivity index (χ4n) is 1.35. The number of benzene rings is 1. The molecule has 0 aliphatic rings. The van der Waals surface area contributed by atoms with Crippen LogP contribution in [-0.2, 0) is 4.79 Å². The van der Waals surface area contributed by atoms with Crippen molar-refractivity contribution in [3.05, 3.63) is 23.2 Å². The number of nitrogens with two attached hydrogens (primary N) is 1. The first-order valence-electron chi connectivity index (χ1n) is 4.97. The van der Waals surface area contributed by atoms with Crippen LogP contribution in [0.1, 0.15) is 13.3 Å². The van der Waals surface area contributed by atoms with Crippen LogP contribution in [0.4, 0.5) is 5.69 Å². The average molecular weight is 243 g/mol. The summed E-state index contributed by atoms with van der Waals surface area (Å²) in [6.07, 6.45) is 0.612. The highest BCUT2D eigenvalue weighted by molar-refractivity contribution is 6.30. The van der Waals surface area contributed by atoms with Crippen molar-refractivity contribution in [1.29, 1.82) is 0 Å². The Morgan fingerprint density at radius 2 is 2.31 bits per heavy atom. The van der Waals surface area contributed by atoms with E-state index in [1.165, 1.54) is 0 Å². The van der Waals surface area contributed by atoms with E-state index in [2.05, 4.69) is 5.32 Å². The first kappa shape index (κ1) is 12.6. The molecular weight excluding hydrogens is 228 g/mol. The summed E-state index contributed by atoms with van der Waals surface area (Å²) in [6.45, 7) is 1.88. The summed E-state index contributed by atoms with van der Waals surface area (Å²) in [5, 5.41) is 3.59. The number of carbonyl (C=O) groups is 1. The van der Waals surface area contributed by atoms with Gasteiger partial charge in [-0.15, -0.1) is 0 Å². The van der Waals surface area contributed by atoms with Gasteiger partial charge in [0.1, 0.15) is 11.8 Å². The molecule has 0 aliphatic heterocycles. The molecule has 1 aromatic rings. The van der Waals surface area contributed by atoms with Crippen LogP contribution in [0.3, 0.4) is 0 Å². The van der Waals surface area contributed by atoms with E-state index in [4.69, 9.17) is 22.1 Å². The zero-order valence-corrected chi connectivity index (χ0v) is 10.0. The molecule has 0 fully saturated rings. The number of hydrogen-bond acceptors (Lipinski definition) is 3. The summed E-state index contributed by atoms with van der Waals surface area (Å²) in [7, 11) is 1.54. The number of halogens is 1. The lowest BCUT2D eigenvalue weighted by Crippen LogP contribution is -2.34. The number of carbonyl (C=O) groups excluding carboxylic acids is 1.